The molecule has 1 aromatic rings. The SMILES string of the molecule is CN(C(=O)c1sccc1Br)C(C)(C)CBr. The van der Waals surface area contributed by atoms with Crippen LogP contribution in [0.15, 0.2) is 15.9 Å². The van der Waals surface area contributed by atoms with Crippen LogP contribution in [0.25, 0.3) is 0 Å². The fourth-order valence-corrected chi connectivity index (χ4v) is 2.86. The van der Waals surface area contributed by atoms with E-state index in [1.165, 1.54) is 11.3 Å². The third-order valence-corrected chi connectivity index (χ3v) is 5.55. The van der Waals surface area contributed by atoms with Crippen LogP contribution in [-0.4, -0.2) is 28.7 Å². The number of nitrogens with zero attached hydrogens (tertiary/aromatic N) is 1. The van der Waals surface area contributed by atoms with Crippen molar-refractivity contribution in [3.63, 3.8) is 0 Å². The maximum atomic E-state index is 12.1. The van der Waals surface area contributed by atoms with Gasteiger partial charge in [0.15, 0.2) is 0 Å². The van der Waals surface area contributed by atoms with Crippen molar-refractivity contribution >= 4 is 49.1 Å². The highest BCUT2D eigenvalue weighted by molar-refractivity contribution is 9.10. The van der Waals surface area contributed by atoms with Gasteiger partial charge in [-0.3, -0.25) is 4.79 Å². The van der Waals surface area contributed by atoms with Crippen molar-refractivity contribution in [2.75, 3.05) is 12.4 Å². The van der Waals surface area contributed by atoms with Gasteiger partial charge in [-0.2, -0.15) is 0 Å². The van der Waals surface area contributed by atoms with Crippen LogP contribution in [-0.2, 0) is 0 Å². The average molecular weight is 355 g/mol. The molecular weight excluding hydrogens is 342 g/mol. The fourth-order valence-electron chi connectivity index (χ4n) is 0.963. The van der Waals surface area contributed by atoms with E-state index in [1.807, 2.05) is 32.3 Å². The van der Waals surface area contributed by atoms with E-state index >= 15 is 0 Å². The predicted octanol–water partition coefficient (Wildman–Crippen LogP) is 3.76. The Hall–Kier alpha value is 0.130. The highest BCUT2D eigenvalue weighted by atomic mass is 79.9. The Bertz CT molecular complexity index is 362. The lowest BCUT2D eigenvalue weighted by Gasteiger charge is -2.33. The summed E-state index contributed by atoms with van der Waals surface area (Å²) in [4.78, 5) is 14.6. The predicted molar refractivity (Wildman–Crippen MR) is 72.0 cm³/mol. The highest BCUT2D eigenvalue weighted by Crippen LogP contribution is 2.26. The van der Waals surface area contributed by atoms with Gasteiger partial charge < -0.3 is 4.90 Å². The molecule has 0 bridgehead atoms. The van der Waals surface area contributed by atoms with Crippen LogP contribution in [0.1, 0.15) is 23.5 Å². The monoisotopic (exact) mass is 353 g/mol. The second kappa shape index (κ2) is 4.97. The summed E-state index contributed by atoms with van der Waals surface area (Å²) in [6.07, 6.45) is 0. The smallest absolute Gasteiger partial charge is 0.265 e. The van der Waals surface area contributed by atoms with Crippen molar-refractivity contribution in [3.8, 4) is 0 Å². The zero-order chi connectivity index (χ0) is 11.6. The number of thiophene rings is 1. The number of hydrogen-bond acceptors (Lipinski definition) is 2. The molecule has 0 radical (unpaired) electrons. The molecular formula is C10H13Br2NOS. The Morgan fingerprint density at radius 1 is 1.60 bits per heavy atom. The summed E-state index contributed by atoms with van der Waals surface area (Å²) in [7, 11) is 1.83. The first kappa shape index (κ1) is 13.2. The lowest BCUT2D eigenvalue weighted by atomic mass is 10.1. The molecule has 2 nitrogen and oxygen atoms in total. The lowest BCUT2D eigenvalue weighted by Crippen LogP contribution is -2.46. The molecule has 0 aliphatic heterocycles. The normalized spacial score (nSPS) is 11.5. The van der Waals surface area contributed by atoms with Crippen molar-refractivity contribution < 1.29 is 4.79 Å². The van der Waals surface area contributed by atoms with Gasteiger partial charge in [0.25, 0.3) is 5.91 Å². The molecule has 0 fully saturated rings. The summed E-state index contributed by atoms with van der Waals surface area (Å²) in [5, 5.41) is 2.66. The first-order valence-electron chi connectivity index (χ1n) is 4.47. The van der Waals surface area contributed by atoms with Crippen LogP contribution in [0.4, 0.5) is 0 Å². The number of amides is 1. The van der Waals surface area contributed by atoms with Gasteiger partial charge >= 0.3 is 0 Å². The average Bonchev–Trinajstić information content (AvgIpc) is 2.62. The third-order valence-electron chi connectivity index (χ3n) is 2.35. The molecule has 0 unspecified atom stereocenters. The van der Waals surface area contributed by atoms with E-state index in [1.54, 1.807) is 4.90 Å². The van der Waals surface area contributed by atoms with Crippen molar-refractivity contribution in [1.29, 1.82) is 0 Å². The molecule has 1 amide bonds. The van der Waals surface area contributed by atoms with Crippen LogP contribution in [0.3, 0.4) is 0 Å². The van der Waals surface area contributed by atoms with Crippen LogP contribution < -0.4 is 0 Å². The molecule has 15 heavy (non-hydrogen) atoms. The Kier molecular flexibility index (Phi) is 4.38. The Morgan fingerprint density at radius 3 is 2.60 bits per heavy atom. The molecule has 0 saturated carbocycles. The first-order chi connectivity index (χ1) is 6.90. The number of carbonyl (C=O) groups excluding carboxylic acids is 1. The lowest BCUT2D eigenvalue weighted by molar-refractivity contribution is 0.0668. The molecule has 0 aliphatic carbocycles. The summed E-state index contributed by atoms with van der Waals surface area (Å²) >= 11 is 8.25. The summed E-state index contributed by atoms with van der Waals surface area (Å²) in [5.41, 5.74) is -0.180. The minimum Gasteiger partial charge on any atom is -0.335 e. The molecule has 0 aromatic carbocycles. The molecule has 0 N–H and O–H groups in total. The van der Waals surface area contributed by atoms with E-state index in [9.17, 15) is 4.79 Å². The summed E-state index contributed by atoms with van der Waals surface area (Å²) < 4.78 is 0.870. The van der Waals surface area contributed by atoms with Crippen LogP contribution in [0.5, 0.6) is 0 Å². The van der Waals surface area contributed by atoms with Crippen LogP contribution >= 0.6 is 43.2 Å². The Labute approximate surface area is 111 Å². The molecule has 84 valence electrons. The molecule has 0 saturated heterocycles. The van der Waals surface area contributed by atoms with Gasteiger partial charge in [-0.15, -0.1) is 11.3 Å². The first-order valence-corrected chi connectivity index (χ1v) is 7.26. The Morgan fingerprint density at radius 2 is 2.20 bits per heavy atom. The zero-order valence-corrected chi connectivity index (χ0v) is 12.9. The molecule has 0 spiro atoms. The molecule has 1 aromatic heterocycles. The minimum atomic E-state index is -0.180. The standard InChI is InChI=1S/C10H13Br2NOS/c1-10(2,6-11)13(3)9(14)8-7(12)4-5-15-8/h4-5H,6H2,1-3H3. The van der Waals surface area contributed by atoms with Crippen LogP contribution in [0.2, 0.25) is 0 Å². The van der Waals surface area contributed by atoms with E-state index in [2.05, 4.69) is 31.9 Å². The van der Waals surface area contributed by atoms with E-state index in [0.29, 0.717) is 0 Å². The van der Waals surface area contributed by atoms with Crippen LogP contribution in [0, 0.1) is 0 Å². The topological polar surface area (TPSA) is 20.3 Å². The van der Waals surface area contributed by atoms with Crippen molar-refractivity contribution in [1.82, 2.24) is 4.90 Å². The molecule has 0 atom stereocenters. The number of alkyl halides is 1. The minimum absolute atomic E-state index is 0.0568. The third kappa shape index (κ3) is 2.82. The van der Waals surface area contributed by atoms with Gasteiger partial charge in [-0.1, -0.05) is 15.9 Å². The van der Waals surface area contributed by atoms with Crippen molar-refractivity contribution in [2.45, 2.75) is 19.4 Å². The Balaban J connectivity index is 2.92. The summed E-state index contributed by atoms with van der Waals surface area (Å²) in [6.45, 7) is 4.06. The van der Waals surface area contributed by atoms with E-state index in [0.717, 1.165) is 14.7 Å². The fraction of sp³-hybridized carbons (Fsp3) is 0.500. The number of carbonyl (C=O) groups is 1. The van der Waals surface area contributed by atoms with Gasteiger partial charge in [0.2, 0.25) is 0 Å². The zero-order valence-electron chi connectivity index (χ0n) is 8.88. The number of rotatable bonds is 3. The maximum absolute atomic E-state index is 12.1. The molecule has 5 heteroatoms. The maximum Gasteiger partial charge on any atom is 0.265 e. The number of halogens is 2. The second-order valence-corrected chi connectivity index (χ2v) is 6.24. The molecule has 1 rings (SSSR count). The van der Waals surface area contributed by atoms with Gasteiger partial charge in [-0.25, -0.2) is 0 Å². The van der Waals surface area contributed by atoms with Gasteiger partial charge in [0.1, 0.15) is 4.88 Å². The summed E-state index contributed by atoms with van der Waals surface area (Å²) in [5.74, 6) is 0.0568. The number of hydrogen-bond donors (Lipinski definition) is 0. The van der Waals surface area contributed by atoms with Gasteiger partial charge in [0, 0.05) is 22.4 Å². The highest BCUT2D eigenvalue weighted by Gasteiger charge is 2.28. The van der Waals surface area contributed by atoms with Crippen molar-refractivity contribution in [2.24, 2.45) is 0 Å². The van der Waals surface area contributed by atoms with E-state index < -0.39 is 0 Å². The van der Waals surface area contributed by atoms with Gasteiger partial charge in [-0.05, 0) is 41.2 Å². The van der Waals surface area contributed by atoms with Gasteiger partial charge in [0.05, 0.1) is 0 Å². The molecule has 1 heterocycles. The summed E-state index contributed by atoms with van der Waals surface area (Å²) in [6, 6.07) is 1.90. The van der Waals surface area contributed by atoms with E-state index in [4.69, 9.17) is 0 Å². The van der Waals surface area contributed by atoms with E-state index in [-0.39, 0.29) is 11.4 Å². The van der Waals surface area contributed by atoms with Crippen molar-refractivity contribution in [3.05, 3.63) is 20.8 Å². The quantitative estimate of drug-likeness (QED) is 0.757. The molecule has 0 aliphatic rings. The largest absolute Gasteiger partial charge is 0.335 e. The second-order valence-electron chi connectivity index (χ2n) is 3.91.